The minimum atomic E-state index is -3.37. The number of aliphatic imine (C=N–C) groups is 1. The molecule has 0 saturated carbocycles. The van der Waals surface area contributed by atoms with Crippen molar-refractivity contribution in [3.05, 3.63) is 144 Å². The van der Waals surface area contributed by atoms with Crippen molar-refractivity contribution >= 4 is 53.5 Å². The third-order valence-electron chi connectivity index (χ3n) is 9.38. The van der Waals surface area contributed by atoms with Crippen molar-refractivity contribution in [2.75, 3.05) is 13.1 Å². The smallest absolute Gasteiger partial charge is 0.414 e. The quantitative estimate of drug-likeness (QED) is 0.0139. The van der Waals surface area contributed by atoms with Crippen LogP contribution in [0.5, 0.6) is 0 Å². The number of ether oxygens (including phenoxy) is 3. The van der Waals surface area contributed by atoms with Gasteiger partial charge >= 0.3 is 30.1 Å². The number of carbonyl (C=O) groups excluding carboxylic acids is 6. The van der Waals surface area contributed by atoms with Gasteiger partial charge in [0.2, 0.25) is 23.0 Å². The van der Waals surface area contributed by atoms with Gasteiger partial charge in [0.25, 0.3) is 18.8 Å². The Kier molecular flexibility index (Phi) is 25.1. The van der Waals surface area contributed by atoms with Crippen LogP contribution < -0.4 is 16.0 Å². The third kappa shape index (κ3) is 20.2. The van der Waals surface area contributed by atoms with Gasteiger partial charge in [0.15, 0.2) is 0 Å². The molecule has 0 bridgehead atoms. The summed E-state index contributed by atoms with van der Waals surface area (Å²) in [6.07, 6.45) is -6.67. The molecule has 1 heterocycles. The largest absolute Gasteiger partial charge is 0.473 e. The van der Waals surface area contributed by atoms with Crippen molar-refractivity contribution < 1.29 is 80.3 Å². The number of nitrogens with zero attached hydrogens (tertiary/aromatic N) is 1. The van der Waals surface area contributed by atoms with Crippen molar-refractivity contribution in [3.8, 4) is 0 Å². The van der Waals surface area contributed by atoms with Crippen LogP contribution in [0.3, 0.4) is 0 Å². The molecule has 4 aromatic rings. The molecule has 0 saturated heterocycles. The first-order valence-corrected chi connectivity index (χ1v) is 20.8. The summed E-state index contributed by atoms with van der Waals surface area (Å²) in [7, 11) is 0. The average Bonchev–Trinajstić information content (AvgIpc) is 3.69. The molecule has 3 amide bonds. The lowest BCUT2D eigenvalue weighted by Crippen LogP contribution is -2.46. The third-order valence-corrected chi connectivity index (χ3v) is 9.38. The fourth-order valence-corrected chi connectivity index (χ4v) is 5.91. The number of benzene rings is 4. The summed E-state index contributed by atoms with van der Waals surface area (Å²) < 4.78 is 67.4. The van der Waals surface area contributed by atoms with E-state index < -0.39 is 72.0 Å². The van der Waals surface area contributed by atoms with E-state index in [0.29, 0.717) is 24.8 Å². The number of unbranched alkanes of at least 4 members (excludes halogenated alkanes) is 2. The summed E-state index contributed by atoms with van der Waals surface area (Å²) in [6, 6.07) is 33.4. The van der Waals surface area contributed by atoms with Crippen molar-refractivity contribution in [1.82, 2.24) is 16.0 Å². The van der Waals surface area contributed by atoms with Gasteiger partial charge in [-0.15, -0.1) is 0 Å². The summed E-state index contributed by atoms with van der Waals surface area (Å²) in [5, 5.41) is 22.3. The molecule has 0 aliphatic carbocycles. The molecular weight excluding hydrogens is 917 g/mol. The van der Waals surface area contributed by atoms with Gasteiger partial charge in [0.1, 0.15) is 13.2 Å². The lowest BCUT2D eigenvalue weighted by Gasteiger charge is -2.19. The second-order valence-corrected chi connectivity index (χ2v) is 14.3. The van der Waals surface area contributed by atoms with Crippen LogP contribution in [0.4, 0.5) is 27.2 Å². The van der Waals surface area contributed by atoms with Crippen LogP contribution in [-0.4, -0.2) is 101 Å². The van der Waals surface area contributed by atoms with Gasteiger partial charge in [-0.2, -0.15) is 0 Å². The molecule has 1 aliphatic heterocycles. The number of alkyl carbamates (subject to hydrolysis) is 2. The van der Waals surface area contributed by atoms with Crippen molar-refractivity contribution in [2.45, 2.75) is 83.6 Å². The molecule has 69 heavy (non-hydrogen) atoms. The molecular formula is C48H52F4N4O13. The number of nitrogens with one attached hydrogen (secondary N) is 3. The number of cyclic esters (lactones) is 1. The number of carboxylic acids is 2. The van der Waals surface area contributed by atoms with Crippen LogP contribution in [0, 0.1) is 0 Å². The number of hydrogen-bond acceptors (Lipinski definition) is 12. The van der Waals surface area contributed by atoms with Crippen LogP contribution in [0.15, 0.2) is 126 Å². The summed E-state index contributed by atoms with van der Waals surface area (Å²) in [5.41, 5.74) is 0.102. The van der Waals surface area contributed by atoms with Crippen molar-refractivity contribution in [2.24, 2.45) is 4.99 Å². The maximum absolute atomic E-state index is 13.2. The number of rotatable bonds is 21. The minimum absolute atomic E-state index is 0. The Morgan fingerprint density at radius 2 is 1.07 bits per heavy atom. The van der Waals surface area contributed by atoms with Gasteiger partial charge in [0, 0.05) is 24.2 Å². The molecule has 1 aliphatic rings. The molecule has 4 aromatic carbocycles. The number of carbonyl (C=O) groups is 8. The average molecular weight is 969 g/mol. The number of alkyl halides is 4. The first-order valence-electron chi connectivity index (χ1n) is 20.8. The van der Waals surface area contributed by atoms with Crippen LogP contribution in [0.1, 0.15) is 73.0 Å². The van der Waals surface area contributed by atoms with E-state index in [9.17, 15) is 46.3 Å². The fraction of sp³-hybridized carbons (Fsp3) is 0.312. The molecule has 0 fully saturated rings. The summed E-state index contributed by atoms with van der Waals surface area (Å²) in [6.45, 7) is 0.692. The van der Waals surface area contributed by atoms with E-state index in [1.807, 2.05) is 60.7 Å². The number of halogens is 4. The highest BCUT2D eigenvalue weighted by Gasteiger charge is 2.54. The molecule has 17 nitrogen and oxygen atoms in total. The number of hydrogen-bond donors (Lipinski definition) is 5. The van der Waals surface area contributed by atoms with Crippen LogP contribution in [0.2, 0.25) is 0 Å². The second kappa shape index (κ2) is 30.3. The van der Waals surface area contributed by atoms with E-state index in [-0.39, 0.29) is 64.5 Å². The van der Waals surface area contributed by atoms with Gasteiger partial charge in [-0.25, -0.2) is 46.5 Å². The number of carboxylic acid groups (broad SMARTS) is 2. The minimum Gasteiger partial charge on any atom is -0.473 e. The van der Waals surface area contributed by atoms with Crippen LogP contribution in [0.25, 0.3) is 0 Å². The zero-order chi connectivity index (χ0) is 49.9. The highest BCUT2D eigenvalue weighted by atomic mass is 19.3. The first kappa shape index (κ1) is 57.2. The molecule has 21 heteroatoms. The van der Waals surface area contributed by atoms with E-state index in [0.717, 1.165) is 11.1 Å². The Hall–Kier alpha value is -7.97. The SMILES string of the molecule is C.O=C(NCCCCC(NC(=O)c1ccccc1)C(=O)C(F)F)OCc1ccccc1.O=C(NCCCCC1(C(=O)C(F)F)N=C(c2ccccc2)OC1=O)OCc1ccccc1.O=C(O)C(=O)O. The van der Waals surface area contributed by atoms with E-state index in [1.54, 1.807) is 48.5 Å². The Morgan fingerprint density at radius 3 is 1.52 bits per heavy atom. The highest BCUT2D eigenvalue weighted by Crippen LogP contribution is 2.32. The molecule has 2 unspecified atom stereocenters. The Bertz CT molecular complexity index is 2300. The summed E-state index contributed by atoms with van der Waals surface area (Å²) in [5.74, 6) is -8.43. The molecule has 2 atom stereocenters. The second-order valence-electron chi connectivity index (χ2n) is 14.3. The molecule has 0 spiro atoms. The van der Waals surface area contributed by atoms with E-state index in [4.69, 9.17) is 34.0 Å². The van der Waals surface area contributed by atoms with Gasteiger partial charge in [-0.3, -0.25) is 14.4 Å². The highest BCUT2D eigenvalue weighted by molar-refractivity contribution is 6.27. The molecule has 5 N–H and O–H groups in total. The first-order chi connectivity index (χ1) is 32.5. The molecule has 0 aromatic heterocycles. The number of amides is 3. The molecule has 5 rings (SSSR count). The Morgan fingerprint density at radius 1 is 0.623 bits per heavy atom. The van der Waals surface area contributed by atoms with Crippen molar-refractivity contribution in [3.63, 3.8) is 0 Å². The van der Waals surface area contributed by atoms with E-state index in [1.165, 1.54) is 12.1 Å². The number of esters is 1. The maximum Gasteiger partial charge on any atom is 0.414 e. The lowest BCUT2D eigenvalue weighted by molar-refractivity contribution is -0.159. The lowest BCUT2D eigenvalue weighted by atomic mass is 9.89. The van der Waals surface area contributed by atoms with Gasteiger partial charge in [-0.05, 0) is 73.9 Å². The van der Waals surface area contributed by atoms with Crippen LogP contribution >= 0.6 is 0 Å². The normalized spacial score (nSPS) is 13.8. The Labute approximate surface area is 394 Å². The predicted octanol–water partition coefficient (Wildman–Crippen LogP) is 7.17. The van der Waals surface area contributed by atoms with E-state index >= 15 is 0 Å². The van der Waals surface area contributed by atoms with Crippen LogP contribution in [-0.2, 0) is 51.4 Å². The number of Topliss-reactive ketones (excluding diaryl/α,β-unsaturated/α-hetero) is 2. The van der Waals surface area contributed by atoms with E-state index in [2.05, 4.69) is 20.9 Å². The number of ketones is 2. The maximum atomic E-state index is 13.2. The summed E-state index contributed by atoms with van der Waals surface area (Å²) in [4.78, 5) is 94.2. The molecule has 370 valence electrons. The van der Waals surface area contributed by atoms with Gasteiger partial charge < -0.3 is 40.4 Å². The Balaban J connectivity index is 0.000000418. The standard InChI is InChI=1S/C23H22F2N2O5.C22H24F2N2O4.C2H2O4.CH4/c24-19(25)18(28)23(21(29)32-20(27-23)17-11-5-2-6-12-17)13-7-8-14-26-22(30)31-15-16-9-3-1-4-10-16;23-20(24)19(27)18(26-21(28)17-11-5-2-6-12-17)13-7-8-14-25-22(29)30-15-16-9-3-1-4-10-16;3-1(4)2(5)6;/h1-6,9-12,19H,7-8,13-15H2,(H,26,30);1-6,9-12,18,20H,7-8,13-15H2,(H,25,29)(H,26,28);(H,3,4)(H,5,6);1H4. The van der Waals surface area contributed by atoms with Gasteiger partial charge in [0.05, 0.1) is 6.04 Å². The topological polar surface area (TPSA) is 253 Å². The number of aliphatic carboxylic acids is 2. The fourth-order valence-electron chi connectivity index (χ4n) is 5.91. The predicted molar refractivity (Wildman–Crippen MR) is 240 cm³/mol. The molecule has 0 radical (unpaired) electrons. The van der Waals surface area contributed by atoms with Gasteiger partial charge in [-0.1, -0.05) is 104 Å². The zero-order valence-electron chi connectivity index (χ0n) is 36.2. The summed E-state index contributed by atoms with van der Waals surface area (Å²) >= 11 is 0. The monoisotopic (exact) mass is 968 g/mol. The van der Waals surface area contributed by atoms with Crippen molar-refractivity contribution in [1.29, 1.82) is 0 Å². The zero-order valence-corrected chi connectivity index (χ0v) is 36.2.